The molecular formula is C21H29N3O7. The van der Waals surface area contributed by atoms with Gasteiger partial charge in [-0.15, -0.1) is 0 Å². The summed E-state index contributed by atoms with van der Waals surface area (Å²) in [5, 5.41) is 26.6. The first kappa shape index (κ1) is 25.5. The lowest BCUT2D eigenvalue weighted by Gasteiger charge is -2.18. The molecule has 0 bridgehead atoms. The van der Waals surface area contributed by atoms with E-state index in [1.165, 1.54) is 30.4 Å². The van der Waals surface area contributed by atoms with Crippen molar-refractivity contribution in [3.63, 3.8) is 0 Å². The molecule has 0 saturated carbocycles. The van der Waals surface area contributed by atoms with Gasteiger partial charge in [-0.3, -0.25) is 4.79 Å². The maximum atomic E-state index is 12.7. The second-order valence-electron chi connectivity index (χ2n) is 6.38. The van der Waals surface area contributed by atoms with Crippen LogP contribution < -0.4 is 16.0 Å². The number of hydrogen-bond acceptors (Lipinski definition) is 7. The molecule has 3 amide bonds. The molecule has 0 radical (unpaired) electrons. The summed E-state index contributed by atoms with van der Waals surface area (Å²) in [6.07, 6.45) is 2.86. The number of aromatic hydroxyl groups is 1. The van der Waals surface area contributed by atoms with Crippen molar-refractivity contribution in [1.29, 1.82) is 0 Å². The fourth-order valence-corrected chi connectivity index (χ4v) is 2.46. The predicted molar refractivity (Wildman–Crippen MR) is 115 cm³/mol. The molecule has 10 nitrogen and oxygen atoms in total. The molecule has 0 aromatic heterocycles. The van der Waals surface area contributed by atoms with Crippen LogP contribution in [0.15, 0.2) is 43.5 Å². The van der Waals surface area contributed by atoms with Crippen molar-refractivity contribution in [2.24, 2.45) is 0 Å². The number of phenols is 1. The van der Waals surface area contributed by atoms with Crippen LogP contribution in [0.2, 0.25) is 0 Å². The first-order valence-corrected chi connectivity index (χ1v) is 9.70. The van der Waals surface area contributed by atoms with E-state index in [2.05, 4.69) is 29.1 Å². The number of carbonyl (C=O) groups is 3. The Balaban J connectivity index is 2.64. The second kappa shape index (κ2) is 14.5. The van der Waals surface area contributed by atoms with Crippen molar-refractivity contribution in [1.82, 2.24) is 10.6 Å². The van der Waals surface area contributed by atoms with Crippen molar-refractivity contribution >= 4 is 23.8 Å². The molecule has 0 unspecified atom stereocenters. The van der Waals surface area contributed by atoms with Gasteiger partial charge in [0.25, 0.3) is 0 Å². The monoisotopic (exact) mass is 435 g/mol. The Labute approximate surface area is 180 Å². The zero-order chi connectivity index (χ0) is 23.1. The molecule has 31 heavy (non-hydrogen) atoms. The van der Waals surface area contributed by atoms with E-state index >= 15 is 0 Å². The van der Waals surface area contributed by atoms with Crippen LogP contribution in [0.1, 0.15) is 24.8 Å². The topological polar surface area (TPSA) is 146 Å². The van der Waals surface area contributed by atoms with E-state index < -0.39 is 30.7 Å². The lowest BCUT2D eigenvalue weighted by atomic mass is 10.1. The summed E-state index contributed by atoms with van der Waals surface area (Å²) >= 11 is 0. The van der Waals surface area contributed by atoms with Crippen LogP contribution in [0.5, 0.6) is 5.75 Å². The van der Waals surface area contributed by atoms with E-state index in [1.54, 1.807) is 0 Å². The van der Waals surface area contributed by atoms with E-state index in [1.807, 2.05) is 0 Å². The van der Waals surface area contributed by atoms with Crippen molar-refractivity contribution < 1.29 is 34.1 Å². The van der Waals surface area contributed by atoms with Gasteiger partial charge in [0.15, 0.2) is 0 Å². The highest BCUT2D eigenvalue weighted by Gasteiger charge is 2.21. The quantitative estimate of drug-likeness (QED) is 0.181. The summed E-state index contributed by atoms with van der Waals surface area (Å²) < 4.78 is 9.67. The highest BCUT2D eigenvalue weighted by molar-refractivity contribution is 5.96. The van der Waals surface area contributed by atoms with Gasteiger partial charge in [0.05, 0.1) is 6.61 Å². The zero-order valence-electron chi connectivity index (χ0n) is 17.3. The summed E-state index contributed by atoms with van der Waals surface area (Å²) in [7, 11) is 0. The number of alkyl carbamates (subject to hydrolysis) is 2. The molecule has 0 aliphatic heterocycles. The predicted octanol–water partition coefficient (Wildman–Crippen LogP) is 2.19. The zero-order valence-corrected chi connectivity index (χ0v) is 17.3. The number of hydrogen-bond donors (Lipinski definition) is 5. The summed E-state index contributed by atoms with van der Waals surface area (Å²) in [6, 6.07) is 3.34. The summed E-state index contributed by atoms with van der Waals surface area (Å²) in [4.78, 5) is 35.9. The standard InChI is InChI=1S/C21H29N3O7/c1-3-11-30-20(28)22-10-6-5-7-17(24-21(29)31-12-4-2)19(27)23-16-8-9-18(26)15(13-16)14-25/h3-4,8-9,13,17,25-26H,1-2,5-7,10-12,14H2,(H,22,28)(H,23,27)(H,24,29)/t17-/m1/s1. The van der Waals surface area contributed by atoms with Crippen LogP contribution >= 0.6 is 0 Å². The van der Waals surface area contributed by atoms with Gasteiger partial charge in [-0.1, -0.05) is 25.3 Å². The van der Waals surface area contributed by atoms with Crippen LogP contribution in [0.25, 0.3) is 0 Å². The van der Waals surface area contributed by atoms with Gasteiger partial charge >= 0.3 is 12.2 Å². The highest BCUT2D eigenvalue weighted by atomic mass is 16.6. The van der Waals surface area contributed by atoms with Gasteiger partial charge < -0.3 is 35.6 Å². The Kier molecular flexibility index (Phi) is 11.9. The molecule has 0 fully saturated rings. The normalized spacial score (nSPS) is 11.0. The fraction of sp³-hybridized carbons (Fsp3) is 0.381. The van der Waals surface area contributed by atoms with Gasteiger partial charge in [0.1, 0.15) is 25.0 Å². The number of ether oxygens (including phenoxy) is 2. The Morgan fingerprint density at radius 1 is 1.06 bits per heavy atom. The Bertz CT molecular complexity index is 767. The molecule has 0 heterocycles. The Morgan fingerprint density at radius 2 is 1.74 bits per heavy atom. The fourth-order valence-electron chi connectivity index (χ4n) is 2.46. The van der Waals surface area contributed by atoms with Crippen molar-refractivity contribution in [2.45, 2.75) is 31.9 Å². The first-order valence-electron chi connectivity index (χ1n) is 9.70. The van der Waals surface area contributed by atoms with Crippen molar-refractivity contribution in [2.75, 3.05) is 25.1 Å². The largest absolute Gasteiger partial charge is 0.508 e. The van der Waals surface area contributed by atoms with Crippen LogP contribution in [0.3, 0.4) is 0 Å². The highest BCUT2D eigenvalue weighted by Crippen LogP contribution is 2.21. The third-order valence-corrected chi connectivity index (χ3v) is 3.98. The molecule has 0 spiro atoms. The molecule has 0 aliphatic carbocycles. The number of amides is 3. The minimum Gasteiger partial charge on any atom is -0.508 e. The number of benzene rings is 1. The molecule has 170 valence electrons. The van der Waals surface area contributed by atoms with Crippen LogP contribution in [-0.2, 0) is 20.9 Å². The number of nitrogens with one attached hydrogen (secondary N) is 3. The molecule has 1 aromatic carbocycles. The van der Waals surface area contributed by atoms with Crippen LogP contribution in [0, 0.1) is 0 Å². The van der Waals surface area contributed by atoms with Gasteiger partial charge in [-0.05, 0) is 37.5 Å². The number of aliphatic hydroxyl groups is 1. The number of carbonyl (C=O) groups excluding carboxylic acids is 3. The third kappa shape index (κ3) is 10.2. The number of aliphatic hydroxyl groups excluding tert-OH is 1. The molecule has 1 rings (SSSR count). The van der Waals surface area contributed by atoms with Crippen molar-refractivity contribution in [3.05, 3.63) is 49.1 Å². The molecule has 10 heteroatoms. The van der Waals surface area contributed by atoms with Gasteiger partial charge in [-0.25, -0.2) is 9.59 Å². The number of anilines is 1. The van der Waals surface area contributed by atoms with Crippen LogP contribution in [-0.4, -0.2) is 54.1 Å². The van der Waals surface area contributed by atoms with E-state index in [9.17, 15) is 24.6 Å². The average molecular weight is 435 g/mol. The van der Waals surface area contributed by atoms with Gasteiger partial charge in [0.2, 0.25) is 5.91 Å². The van der Waals surface area contributed by atoms with E-state index in [0.717, 1.165) is 0 Å². The van der Waals surface area contributed by atoms with Gasteiger partial charge in [-0.2, -0.15) is 0 Å². The lowest BCUT2D eigenvalue weighted by molar-refractivity contribution is -0.118. The maximum absolute atomic E-state index is 12.7. The first-order chi connectivity index (χ1) is 14.9. The lowest BCUT2D eigenvalue weighted by Crippen LogP contribution is -2.44. The Hall–Kier alpha value is -3.53. The van der Waals surface area contributed by atoms with E-state index in [0.29, 0.717) is 25.1 Å². The van der Waals surface area contributed by atoms with Crippen molar-refractivity contribution in [3.8, 4) is 5.75 Å². The minimum absolute atomic E-state index is 0.00522. The van der Waals surface area contributed by atoms with Crippen LogP contribution in [0.4, 0.5) is 15.3 Å². The number of rotatable bonds is 13. The molecular weight excluding hydrogens is 406 g/mol. The number of unbranched alkanes of at least 4 members (excludes halogenated alkanes) is 1. The second-order valence-corrected chi connectivity index (χ2v) is 6.38. The maximum Gasteiger partial charge on any atom is 0.408 e. The Morgan fingerprint density at radius 3 is 2.39 bits per heavy atom. The molecule has 0 aliphatic rings. The molecule has 1 atom stereocenters. The third-order valence-electron chi connectivity index (χ3n) is 3.98. The van der Waals surface area contributed by atoms with E-state index in [-0.39, 0.29) is 30.9 Å². The summed E-state index contributed by atoms with van der Waals surface area (Å²) in [5.41, 5.74) is 0.604. The molecule has 5 N–H and O–H groups in total. The average Bonchev–Trinajstić information content (AvgIpc) is 2.76. The summed E-state index contributed by atoms with van der Waals surface area (Å²) in [5.74, 6) is -0.592. The molecule has 1 aromatic rings. The van der Waals surface area contributed by atoms with Gasteiger partial charge in [0, 0.05) is 17.8 Å². The summed E-state index contributed by atoms with van der Waals surface area (Å²) in [6.45, 7) is 6.95. The smallest absolute Gasteiger partial charge is 0.408 e. The molecule has 0 saturated heterocycles. The minimum atomic E-state index is -0.906. The van der Waals surface area contributed by atoms with E-state index in [4.69, 9.17) is 9.47 Å². The SMILES string of the molecule is C=CCOC(=O)NCCCC[C@@H](NC(=O)OCC=C)C(=O)Nc1ccc(O)c(CO)c1.